The summed E-state index contributed by atoms with van der Waals surface area (Å²) in [5.74, 6) is 0.120. The van der Waals surface area contributed by atoms with Crippen LogP contribution in [0, 0.1) is 29.6 Å². The van der Waals surface area contributed by atoms with E-state index in [0.717, 1.165) is 11.1 Å². The molecule has 0 fully saturated rings. The lowest BCUT2D eigenvalue weighted by molar-refractivity contribution is -0.136. The Morgan fingerprint density at radius 2 is 1.76 bits per heavy atom. The van der Waals surface area contributed by atoms with Gasteiger partial charge >= 0.3 is 11.8 Å². The summed E-state index contributed by atoms with van der Waals surface area (Å²) in [7, 11) is 0. The van der Waals surface area contributed by atoms with Crippen LogP contribution in [0.25, 0.3) is 0 Å². The summed E-state index contributed by atoms with van der Waals surface area (Å²) in [4.78, 5) is 25.3. The summed E-state index contributed by atoms with van der Waals surface area (Å²) in [6.07, 6.45) is 10.0. The second-order valence-electron chi connectivity index (χ2n) is 8.93. The van der Waals surface area contributed by atoms with Gasteiger partial charge in [-0.25, -0.2) is 0 Å². The Bertz CT molecular complexity index is 1450. The lowest BCUT2D eigenvalue weighted by Crippen LogP contribution is -2.41. The van der Waals surface area contributed by atoms with Crippen molar-refractivity contribution in [3.05, 3.63) is 101 Å². The van der Waals surface area contributed by atoms with E-state index in [1.807, 2.05) is 32.1 Å². The SMILES string of the molecule is CC1=CCC(NC(=O)C(=O)Nc2ccc(C)c(Oc3ccc(C#N)cc3)c2)C=C1OC1C=CC(C#N)=CC1. The number of nitriles is 2. The van der Waals surface area contributed by atoms with Crippen LogP contribution < -0.4 is 15.4 Å². The molecule has 0 spiro atoms. The molecule has 2 aromatic carbocycles. The van der Waals surface area contributed by atoms with Crippen LogP contribution in [0.2, 0.25) is 0 Å². The molecule has 2 aliphatic carbocycles. The van der Waals surface area contributed by atoms with Crippen LogP contribution in [-0.4, -0.2) is 24.0 Å². The van der Waals surface area contributed by atoms with Crippen LogP contribution in [-0.2, 0) is 14.3 Å². The summed E-state index contributed by atoms with van der Waals surface area (Å²) in [5.41, 5.74) is 3.32. The maximum atomic E-state index is 12.6. The minimum absolute atomic E-state index is 0.207. The van der Waals surface area contributed by atoms with Gasteiger partial charge in [0.05, 0.1) is 23.7 Å². The average molecular weight is 507 g/mol. The van der Waals surface area contributed by atoms with Gasteiger partial charge in [0, 0.05) is 23.7 Å². The molecule has 8 heteroatoms. The predicted octanol–water partition coefficient (Wildman–Crippen LogP) is 5.11. The van der Waals surface area contributed by atoms with Crippen LogP contribution in [0.1, 0.15) is 30.9 Å². The number of carbonyl (C=O) groups excluding carboxylic acids is 2. The largest absolute Gasteiger partial charge is 0.486 e. The van der Waals surface area contributed by atoms with Gasteiger partial charge in [-0.3, -0.25) is 9.59 Å². The molecule has 38 heavy (non-hydrogen) atoms. The molecule has 2 amide bonds. The summed E-state index contributed by atoms with van der Waals surface area (Å²) >= 11 is 0. The van der Waals surface area contributed by atoms with Crippen LogP contribution in [0.15, 0.2) is 89.8 Å². The number of nitrogens with one attached hydrogen (secondary N) is 2. The smallest absolute Gasteiger partial charge is 0.313 e. The quantitative estimate of drug-likeness (QED) is 0.525. The highest BCUT2D eigenvalue weighted by molar-refractivity contribution is 6.39. The molecule has 0 aliphatic heterocycles. The number of ether oxygens (including phenoxy) is 2. The van der Waals surface area contributed by atoms with Crippen molar-refractivity contribution in [1.82, 2.24) is 5.32 Å². The number of allylic oxidation sites excluding steroid dienone is 3. The van der Waals surface area contributed by atoms with Gasteiger partial charge in [0.25, 0.3) is 0 Å². The lowest BCUT2D eigenvalue weighted by atomic mass is 10.0. The Kier molecular flexibility index (Phi) is 8.05. The van der Waals surface area contributed by atoms with Crippen molar-refractivity contribution in [3.8, 4) is 23.6 Å². The Morgan fingerprint density at radius 1 is 0.974 bits per heavy atom. The first-order valence-corrected chi connectivity index (χ1v) is 12.1. The Balaban J connectivity index is 1.36. The third-order valence-corrected chi connectivity index (χ3v) is 6.07. The van der Waals surface area contributed by atoms with Gasteiger partial charge in [-0.1, -0.05) is 18.2 Å². The summed E-state index contributed by atoms with van der Waals surface area (Å²) < 4.78 is 12.0. The number of benzene rings is 2. The zero-order chi connectivity index (χ0) is 27.1. The first-order chi connectivity index (χ1) is 18.3. The highest BCUT2D eigenvalue weighted by Crippen LogP contribution is 2.28. The standard InChI is InChI=1S/C30H26N4O4/c1-19-3-9-23(15-27(19)37-25-11-5-21(17-31)6-12-25)33-29(35)30(36)34-24-10-4-20(2)28(16-24)38-26-13-7-22(18-32)8-14-26/h3-9,11-13,15-16,24,26H,10,14H2,1-2H3,(H,33,35)(H,34,36). The molecule has 2 aromatic rings. The van der Waals surface area contributed by atoms with Crippen molar-refractivity contribution in [2.75, 3.05) is 5.32 Å². The molecule has 190 valence electrons. The average Bonchev–Trinajstić information content (AvgIpc) is 2.93. The first kappa shape index (κ1) is 26.0. The summed E-state index contributed by atoms with van der Waals surface area (Å²) in [6, 6.07) is 15.5. The van der Waals surface area contributed by atoms with Gasteiger partial charge in [0.15, 0.2) is 0 Å². The Hall–Kier alpha value is -5.08. The Morgan fingerprint density at radius 3 is 2.45 bits per heavy atom. The van der Waals surface area contributed by atoms with Crippen molar-refractivity contribution in [1.29, 1.82) is 10.5 Å². The molecule has 2 N–H and O–H groups in total. The minimum atomic E-state index is -0.801. The zero-order valence-electron chi connectivity index (χ0n) is 21.0. The van der Waals surface area contributed by atoms with E-state index in [2.05, 4.69) is 22.8 Å². The number of rotatable bonds is 6. The molecule has 0 aromatic heterocycles. The first-order valence-electron chi connectivity index (χ1n) is 12.1. The molecule has 2 atom stereocenters. The summed E-state index contributed by atoms with van der Waals surface area (Å²) in [5, 5.41) is 23.3. The fourth-order valence-corrected chi connectivity index (χ4v) is 3.89. The van der Waals surface area contributed by atoms with Gasteiger partial charge < -0.3 is 20.1 Å². The highest BCUT2D eigenvalue weighted by atomic mass is 16.5. The minimum Gasteiger partial charge on any atom is -0.486 e. The van der Waals surface area contributed by atoms with Gasteiger partial charge in [-0.2, -0.15) is 10.5 Å². The van der Waals surface area contributed by atoms with Crippen molar-refractivity contribution >= 4 is 17.5 Å². The Labute approximate surface area is 221 Å². The number of carbonyl (C=O) groups is 2. The van der Waals surface area contributed by atoms with Crippen LogP contribution >= 0.6 is 0 Å². The van der Waals surface area contributed by atoms with E-state index in [1.165, 1.54) is 0 Å². The molecule has 0 saturated carbocycles. The van der Waals surface area contributed by atoms with Crippen LogP contribution in [0.3, 0.4) is 0 Å². The molecular formula is C30H26N4O4. The number of amides is 2. The molecule has 8 nitrogen and oxygen atoms in total. The fraction of sp³-hybridized carbons (Fsp3) is 0.200. The molecule has 0 bridgehead atoms. The van der Waals surface area contributed by atoms with Gasteiger partial charge in [-0.05, 0) is 80.0 Å². The van der Waals surface area contributed by atoms with E-state index in [1.54, 1.807) is 54.6 Å². The predicted molar refractivity (Wildman–Crippen MR) is 142 cm³/mol. The van der Waals surface area contributed by atoms with E-state index in [4.69, 9.17) is 20.0 Å². The fourth-order valence-electron chi connectivity index (χ4n) is 3.89. The number of anilines is 1. The van der Waals surface area contributed by atoms with Crippen LogP contribution in [0.4, 0.5) is 5.69 Å². The number of aryl methyl sites for hydroxylation is 1. The molecule has 0 heterocycles. The van der Waals surface area contributed by atoms with E-state index >= 15 is 0 Å². The van der Waals surface area contributed by atoms with Crippen LogP contribution in [0.5, 0.6) is 11.5 Å². The third-order valence-electron chi connectivity index (χ3n) is 6.07. The molecule has 4 rings (SSSR count). The lowest BCUT2D eigenvalue weighted by Gasteiger charge is -2.25. The van der Waals surface area contributed by atoms with E-state index in [-0.39, 0.29) is 6.10 Å². The molecule has 0 radical (unpaired) electrons. The molecular weight excluding hydrogens is 480 g/mol. The second kappa shape index (κ2) is 11.8. The monoisotopic (exact) mass is 506 g/mol. The second-order valence-corrected chi connectivity index (χ2v) is 8.93. The van der Waals surface area contributed by atoms with Gasteiger partial charge in [-0.15, -0.1) is 0 Å². The van der Waals surface area contributed by atoms with E-state index < -0.39 is 17.9 Å². The topological polar surface area (TPSA) is 124 Å². The van der Waals surface area contributed by atoms with Gasteiger partial charge in [0.2, 0.25) is 0 Å². The molecule has 2 aliphatic rings. The van der Waals surface area contributed by atoms with Crippen molar-refractivity contribution in [3.63, 3.8) is 0 Å². The van der Waals surface area contributed by atoms with Gasteiger partial charge in [0.1, 0.15) is 23.4 Å². The van der Waals surface area contributed by atoms with E-state index in [9.17, 15) is 9.59 Å². The summed E-state index contributed by atoms with van der Waals surface area (Å²) in [6.45, 7) is 3.79. The maximum Gasteiger partial charge on any atom is 0.313 e. The number of nitrogens with zero attached hydrogens (tertiary/aromatic N) is 2. The van der Waals surface area contributed by atoms with Crippen molar-refractivity contribution in [2.45, 2.75) is 38.8 Å². The number of hydrogen-bond donors (Lipinski definition) is 2. The third kappa shape index (κ3) is 6.57. The zero-order valence-corrected chi connectivity index (χ0v) is 21.0. The van der Waals surface area contributed by atoms with Crippen molar-refractivity contribution in [2.24, 2.45) is 0 Å². The maximum absolute atomic E-state index is 12.6. The van der Waals surface area contributed by atoms with Crippen molar-refractivity contribution < 1.29 is 19.1 Å². The number of hydrogen-bond acceptors (Lipinski definition) is 6. The molecule has 2 unspecified atom stereocenters. The van der Waals surface area contributed by atoms with E-state index in [0.29, 0.717) is 46.9 Å². The molecule has 0 saturated heterocycles. The highest BCUT2D eigenvalue weighted by Gasteiger charge is 2.22. The normalized spacial score (nSPS) is 18.1.